The summed E-state index contributed by atoms with van der Waals surface area (Å²) in [6.07, 6.45) is 5.26. The lowest BCUT2D eigenvalue weighted by atomic mass is 9.70. The fraction of sp³-hybridized carbons (Fsp3) is 0.400. The Balaban J connectivity index is 1.81. The van der Waals surface area contributed by atoms with E-state index in [-0.39, 0.29) is 5.54 Å². The molecular formula is C15H17N3O2S. The lowest BCUT2D eigenvalue weighted by Crippen LogP contribution is -2.54. The zero-order valence-electron chi connectivity index (χ0n) is 11.6. The number of fused-ring (bicyclic) bond motifs is 2. The molecule has 1 saturated carbocycles. The molecule has 6 heteroatoms. The summed E-state index contributed by atoms with van der Waals surface area (Å²) in [6.45, 7) is 0.974. The molecule has 2 unspecified atom stereocenters. The van der Waals surface area contributed by atoms with Crippen LogP contribution in [0.4, 0.5) is 0 Å². The lowest BCUT2D eigenvalue weighted by molar-refractivity contribution is 0.189. The summed E-state index contributed by atoms with van der Waals surface area (Å²) >= 11 is 0. The van der Waals surface area contributed by atoms with E-state index in [4.69, 9.17) is 5.73 Å². The van der Waals surface area contributed by atoms with Gasteiger partial charge in [0.25, 0.3) is 0 Å². The van der Waals surface area contributed by atoms with E-state index in [9.17, 15) is 8.42 Å². The molecule has 5 nitrogen and oxygen atoms in total. The monoisotopic (exact) mass is 303 g/mol. The van der Waals surface area contributed by atoms with Crippen molar-refractivity contribution in [2.24, 2.45) is 11.7 Å². The molecule has 2 aliphatic rings. The van der Waals surface area contributed by atoms with E-state index in [1.54, 1.807) is 34.9 Å². The van der Waals surface area contributed by atoms with Crippen LogP contribution < -0.4 is 5.73 Å². The predicted molar refractivity (Wildman–Crippen MR) is 80.1 cm³/mol. The molecule has 0 amide bonds. The first-order valence-electron chi connectivity index (χ1n) is 7.12. The van der Waals surface area contributed by atoms with Gasteiger partial charge in [0, 0.05) is 41.8 Å². The minimum absolute atomic E-state index is 0.306. The van der Waals surface area contributed by atoms with Gasteiger partial charge in [0.15, 0.2) is 0 Å². The van der Waals surface area contributed by atoms with Crippen LogP contribution in [0.1, 0.15) is 12.8 Å². The molecule has 21 heavy (non-hydrogen) atoms. The third-order valence-corrected chi connectivity index (χ3v) is 6.79. The maximum atomic E-state index is 13.0. The molecule has 1 aromatic heterocycles. The molecule has 2 atom stereocenters. The van der Waals surface area contributed by atoms with Gasteiger partial charge < -0.3 is 5.73 Å². The summed E-state index contributed by atoms with van der Waals surface area (Å²) in [4.78, 5) is 4.40. The van der Waals surface area contributed by atoms with E-state index in [1.165, 1.54) is 0 Å². The quantitative estimate of drug-likeness (QED) is 0.908. The highest BCUT2D eigenvalue weighted by molar-refractivity contribution is 7.89. The molecule has 1 saturated heterocycles. The number of sulfonamides is 1. The Morgan fingerprint density at radius 1 is 1.33 bits per heavy atom. The van der Waals surface area contributed by atoms with Gasteiger partial charge in [-0.05, 0) is 30.9 Å². The lowest BCUT2D eigenvalue weighted by Gasteiger charge is -2.40. The van der Waals surface area contributed by atoms with Gasteiger partial charge in [-0.1, -0.05) is 12.1 Å². The first-order chi connectivity index (χ1) is 10.0. The second kappa shape index (κ2) is 4.25. The van der Waals surface area contributed by atoms with Crippen molar-refractivity contribution in [3.05, 3.63) is 36.7 Å². The summed E-state index contributed by atoms with van der Waals surface area (Å²) < 4.78 is 27.5. The number of benzene rings is 1. The molecule has 110 valence electrons. The van der Waals surface area contributed by atoms with Crippen molar-refractivity contribution in [1.82, 2.24) is 9.29 Å². The molecule has 2 N–H and O–H groups in total. The Bertz CT molecular complexity index is 815. The molecular weight excluding hydrogens is 286 g/mol. The van der Waals surface area contributed by atoms with Crippen LogP contribution in [0.15, 0.2) is 41.6 Å². The van der Waals surface area contributed by atoms with E-state index in [0.29, 0.717) is 23.9 Å². The Morgan fingerprint density at radius 2 is 2.19 bits per heavy atom. The number of pyridine rings is 1. The number of nitrogens with two attached hydrogens (primary N) is 1. The highest BCUT2D eigenvalue weighted by atomic mass is 32.2. The summed E-state index contributed by atoms with van der Waals surface area (Å²) in [6, 6.07) is 7.06. The number of aromatic nitrogens is 1. The Labute approximate surface area is 123 Å². The third-order valence-electron chi connectivity index (χ3n) is 4.92. The summed E-state index contributed by atoms with van der Waals surface area (Å²) in [5.74, 6) is 0.309. The van der Waals surface area contributed by atoms with Crippen LogP contribution in [0.25, 0.3) is 10.8 Å². The minimum atomic E-state index is -3.50. The number of hydrogen-bond acceptors (Lipinski definition) is 4. The van der Waals surface area contributed by atoms with Gasteiger partial charge in [-0.15, -0.1) is 0 Å². The van der Waals surface area contributed by atoms with E-state index in [0.717, 1.165) is 23.6 Å². The summed E-state index contributed by atoms with van der Waals surface area (Å²) in [5.41, 5.74) is 5.96. The van der Waals surface area contributed by atoms with E-state index < -0.39 is 10.0 Å². The second-order valence-corrected chi connectivity index (χ2v) is 8.03. The van der Waals surface area contributed by atoms with Gasteiger partial charge >= 0.3 is 0 Å². The van der Waals surface area contributed by atoms with Crippen molar-refractivity contribution in [3.8, 4) is 0 Å². The van der Waals surface area contributed by atoms with Gasteiger partial charge in [-0.2, -0.15) is 4.31 Å². The van der Waals surface area contributed by atoms with E-state index >= 15 is 0 Å². The van der Waals surface area contributed by atoms with Crippen LogP contribution in [0.2, 0.25) is 0 Å². The smallest absolute Gasteiger partial charge is 0.243 e. The van der Waals surface area contributed by atoms with Crippen LogP contribution in [-0.2, 0) is 10.0 Å². The number of rotatable bonds is 2. The van der Waals surface area contributed by atoms with Gasteiger partial charge in [0.1, 0.15) is 0 Å². The SMILES string of the molecule is NC12CCC1CN(S(=O)(=O)c1cccc3cnccc13)C2. The first kappa shape index (κ1) is 13.2. The Kier molecular flexibility index (Phi) is 2.67. The molecule has 2 fully saturated rings. The van der Waals surface area contributed by atoms with Crippen LogP contribution >= 0.6 is 0 Å². The normalized spacial score (nSPS) is 29.3. The summed E-state index contributed by atoms with van der Waals surface area (Å²) in [7, 11) is -3.50. The maximum absolute atomic E-state index is 13.0. The predicted octanol–water partition coefficient (Wildman–Crippen LogP) is 1.35. The zero-order valence-corrected chi connectivity index (χ0v) is 12.4. The van der Waals surface area contributed by atoms with Crippen molar-refractivity contribution in [2.75, 3.05) is 13.1 Å². The highest BCUT2D eigenvalue weighted by Crippen LogP contribution is 2.44. The summed E-state index contributed by atoms with van der Waals surface area (Å²) in [5, 5.41) is 1.56. The van der Waals surface area contributed by atoms with E-state index in [1.807, 2.05) is 6.07 Å². The molecule has 0 radical (unpaired) electrons. The molecule has 1 aliphatic carbocycles. The molecule has 2 heterocycles. The standard InChI is InChI=1S/C15H17N3O2S/c16-15-6-4-12(15)9-18(10-15)21(19,20)14-3-1-2-11-8-17-7-5-13(11)14/h1-3,5,7-8,12H,4,6,9-10,16H2. The molecule has 4 rings (SSSR count). The minimum Gasteiger partial charge on any atom is -0.324 e. The van der Waals surface area contributed by atoms with Crippen LogP contribution in [-0.4, -0.2) is 36.3 Å². The first-order valence-corrected chi connectivity index (χ1v) is 8.56. The molecule has 1 aromatic carbocycles. The molecule has 1 aliphatic heterocycles. The maximum Gasteiger partial charge on any atom is 0.243 e. The number of hydrogen-bond donors (Lipinski definition) is 1. The molecule has 0 bridgehead atoms. The fourth-order valence-corrected chi connectivity index (χ4v) is 5.26. The van der Waals surface area contributed by atoms with Gasteiger partial charge in [-0.25, -0.2) is 8.42 Å². The van der Waals surface area contributed by atoms with Crippen LogP contribution in [0.5, 0.6) is 0 Å². The fourth-order valence-electron chi connectivity index (χ4n) is 3.48. The zero-order chi connectivity index (χ0) is 14.7. The average molecular weight is 303 g/mol. The molecule has 2 aromatic rings. The molecule has 0 spiro atoms. The van der Waals surface area contributed by atoms with Crippen molar-refractivity contribution in [2.45, 2.75) is 23.3 Å². The van der Waals surface area contributed by atoms with Crippen molar-refractivity contribution in [1.29, 1.82) is 0 Å². The largest absolute Gasteiger partial charge is 0.324 e. The highest BCUT2D eigenvalue weighted by Gasteiger charge is 2.53. The number of nitrogens with zero attached hydrogens (tertiary/aromatic N) is 2. The van der Waals surface area contributed by atoms with Crippen LogP contribution in [0, 0.1) is 5.92 Å². The van der Waals surface area contributed by atoms with E-state index in [2.05, 4.69) is 4.98 Å². The van der Waals surface area contributed by atoms with Crippen LogP contribution in [0.3, 0.4) is 0 Å². The van der Waals surface area contributed by atoms with Crippen molar-refractivity contribution in [3.63, 3.8) is 0 Å². The Morgan fingerprint density at radius 3 is 2.86 bits per heavy atom. The second-order valence-electron chi connectivity index (χ2n) is 6.12. The third kappa shape index (κ3) is 1.83. The van der Waals surface area contributed by atoms with Crippen molar-refractivity contribution < 1.29 is 8.42 Å². The topological polar surface area (TPSA) is 76.3 Å². The average Bonchev–Trinajstić information content (AvgIpc) is 2.71. The Hall–Kier alpha value is -1.50. The van der Waals surface area contributed by atoms with Crippen molar-refractivity contribution >= 4 is 20.8 Å². The van der Waals surface area contributed by atoms with Gasteiger partial charge in [-0.3, -0.25) is 4.98 Å². The van der Waals surface area contributed by atoms with Gasteiger partial charge in [0.05, 0.1) is 4.90 Å². The van der Waals surface area contributed by atoms with Gasteiger partial charge in [0.2, 0.25) is 10.0 Å².